The Kier molecular flexibility index (Phi) is 6.70. The van der Waals surface area contributed by atoms with Crippen molar-refractivity contribution in [3.05, 3.63) is 62.9 Å². The molecule has 38 heavy (non-hydrogen) atoms. The first-order valence-corrected chi connectivity index (χ1v) is 12.4. The van der Waals surface area contributed by atoms with Crippen LogP contribution in [0.3, 0.4) is 0 Å². The molecular weight excluding hydrogens is 561 g/mol. The summed E-state index contributed by atoms with van der Waals surface area (Å²) in [6.45, 7) is 0.0464. The SMILES string of the molecule is O=C(c1cc2c(cn1)CN(C1=NOC(c3cc(Cl)cc(Cl)c3)(C(F)(F)F)C1)C2)N1CCCC(C(F)(F)F)C1. The smallest absolute Gasteiger partial charge is 0.372 e. The summed E-state index contributed by atoms with van der Waals surface area (Å²) in [5.41, 5.74) is -1.81. The molecule has 0 N–H and O–H groups in total. The fourth-order valence-electron chi connectivity index (χ4n) is 5.02. The first kappa shape index (κ1) is 26.9. The zero-order chi connectivity index (χ0) is 27.5. The lowest BCUT2D eigenvalue weighted by molar-refractivity contribution is -0.275. The number of halogens is 8. The lowest BCUT2D eigenvalue weighted by Crippen LogP contribution is -2.44. The summed E-state index contributed by atoms with van der Waals surface area (Å²) in [6, 6.07) is 5.04. The van der Waals surface area contributed by atoms with E-state index in [9.17, 15) is 31.1 Å². The predicted octanol–water partition coefficient (Wildman–Crippen LogP) is 6.31. The molecule has 0 aliphatic carbocycles. The van der Waals surface area contributed by atoms with E-state index in [1.807, 2.05) is 0 Å². The first-order chi connectivity index (χ1) is 17.8. The summed E-state index contributed by atoms with van der Waals surface area (Å²) in [5, 5.41) is 3.78. The number of carbonyl (C=O) groups excluding carboxylic acids is 1. The summed E-state index contributed by atoms with van der Waals surface area (Å²) in [5.74, 6) is -2.17. The van der Waals surface area contributed by atoms with Gasteiger partial charge in [-0.15, -0.1) is 0 Å². The summed E-state index contributed by atoms with van der Waals surface area (Å²) >= 11 is 11.9. The van der Waals surface area contributed by atoms with Crippen LogP contribution < -0.4 is 0 Å². The number of hydrogen-bond acceptors (Lipinski definition) is 5. The number of amidine groups is 1. The third-order valence-electron chi connectivity index (χ3n) is 7.06. The van der Waals surface area contributed by atoms with Crippen LogP contribution >= 0.6 is 23.2 Å². The summed E-state index contributed by atoms with van der Waals surface area (Å²) < 4.78 is 82.3. The van der Waals surface area contributed by atoms with Gasteiger partial charge in [-0.3, -0.25) is 9.78 Å². The van der Waals surface area contributed by atoms with Gasteiger partial charge >= 0.3 is 12.4 Å². The second-order valence-electron chi connectivity index (χ2n) is 9.58. The van der Waals surface area contributed by atoms with Gasteiger partial charge in [-0.25, -0.2) is 0 Å². The topological polar surface area (TPSA) is 58.0 Å². The maximum atomic E-state index is 14.3. The highest BCUT2D eigenvalue weighted by Crippen LogP contribution is 2.50. The van der Waals surface area contributed by atoms with Gasteiger partial charge in [0.1, 0.15) is 11.5 Å². The molecule has 14 heteroatoms. The zero-order valence-electron chi connectivity index (χ0n) is 19.5. The molecule has 6 nitrogen and oxygen atoms in total. The number of piperidine rings is 1. The standard InChI is InChI=1S/C24H20Cl2F6N4O2/c25-17-5-16(6-18(26)7-17)22(24(30,31)32)8-20(34-38-22)36-10-13-4-19(33-9-14(13)11-36)21(37)35-3-1-2-15(12-35)23(27,28)29/h4-7,9,15H,1-3,8,10-12H2. The van der Waals surface area contributed by atoms with Crippen molar-refractivity contribution in [1.82, 2.24) is 14.8 Å². The predicted molar refractivity (Wildman–Crippen MR) is 125 cm³/mol. The van der Waals surface area contributed by atoms with Crippen LogP contribution in [0.2, 0.25) is 10.0 Å². The van der Waals surface area contributed by atoms with E-state index in [0.29, 0.717) is 11.1 Å². The molecule has 0 saturated carbocycles. The highest BCUT2D eigenvalue weighted by molar-refractivity contribution is 6.34. The van der Waals surface area contributed by atoms with Crippen molar-refractivity contribution in [2.75, 3.05) is 13.1 Å². The van der Waals surface area contributed by atoms with Gasteiger partial charge in [0.15, 0.2) is 0 Å². The average molecular weight is 581 g/mol. The molecule has 1 fully saturated rings. The summed E-state index contributed by atoms with van der Waals surface area (Å²) in [7, 11) is 0. The monoisotopic (exact) mass is 580 g/mol. The van der Waals surface area contributed by atoms with Crippen LogP contribution in [0, 0.1) is 5.92 Å². The fourth-order valence-corrected chi connectivity index (χ4v) is 5.54. The van der Waals surface area contributed by atoms with Crippen molar-refractivity contribution in [2.24, 2.45) is 11.1 Å². The number of rotatable bonds is 2. The van der Waals surface area contributed by atoms with Gasteiger partial charge in [0.25, 0.3) is 11.5 Å². The molecule has 1 aromatic heterocycles. The molecule has 3 aliphatic heterocycles. The summed E-state index contributed by atoms with van der Waals surface area (Å²) in [6.07, 6.45) is -8.26. The van der Waals surface area contributed by atoms with E-state index in [0.717, 1.165) is 17.0 Å². The van der Waals surface area contributed by atoms with Crippen molar-refractivity contribution in [3.8, 4) is 0 Å². The van der Waals surface area contributed by atoms with E-state index < -0.39 is 42.7 Å². The molecular formula is C24H20Cl2F6N4O2. The number of fused-ring (bicyclic) bond motifs is 1. The van der Waals surface area contributed by atoms with E-state index in [2.05, 4.69) is 10.1 Å². The molecule has 2 aromatic rings. The van der Waals surface area contributed by atoms with E-state index >= 15 is 0 Å². The van der Waals surface area contributed by atoms with E-state index in [-0.39, 0.29) is 59.6 Å². The number of benzene rings is 1. The summed E-state index contributed by atoms with van der Waals surface area (Å²) in [4.78, 5) is 24.8. The minimum absolute atomic E-state index is 0.0142. The third-order valence-corrected chi connectivity index (χ3v) is 7.50. The molecule has 0 radical (unpaired) electrons. The number of nitrogens with zero attached hydrogens (tertiary/aromatic N) is 4. The lowest BCUT2D eigenvalue weighted by atomic mass is 9.89. The highest BCUT2D eigenvalue weighted by atomic mass is 35.5. The fraction of sp³-hybridized carbons (Fsp3) is 0.458. The Labute approximate surface area is 223 Å². The molecule has 1 saturated heterocycles. The number of carbonyl (C=O) groups is 1. The maximum absolute atomic E-state index is 14.3. The van der Waals surface area contributed by atoms with E-state index in [1.165, 1.54) is 18.3 Å². The Morgan fingerprint density at radius 2 is 1.71 bits per heavy atom. The third kappa shape index (κ3) is 4.88. The van der Waals surface area contributed by atoms with Crippen LogP contribution in [-0.2, 0) is 23.5 Å². The van der Waals surface area contributed by atoms with E-state index in [1.54, 1.807) is 4.90 Å². The van der Waals surface area contributed by atoms with Crippen molar-refractivity contribution < 1.29 is 36.0 Å². The maximum Gasteiger partial charge on any atom is 0.435 e. The Bertz CT molecular complexity index is 1280. The second-order valence-corrected chi connectivity index (χ2v) is 10.5. The van der Waals surface area contributed by atoms with Crippen LogP contribution in [0.4, 0.5) is 26.3 Å². The van der Waals surface area contributed by atoms with Gasteiger partial charge in [-0.05, 0) is 48.2 Å². The normalized spacial score (nSPS) is 23.8. The van der Waals surface area contributed by atoms with Crippen molar-refractivity contribution in [3.63, 3.8) is 0 Å². The molecule has 2 atom stereocenters. The molecule has 1 amide bonds. The van der Waals surface area contributed by atoms with Crippen LogP contribution in [-0.4, -0.2) is 52.0 Å². The quantitative estimate of drug-likeness (QED) is 0.391. The number of likely N-dealkylation sites (tertiary alicyclic amines) is 1. The molecule has 3 aliphatic rings. The van der Waals surface area contributed by atoms with Crippen LogP contribution in [0.1, 0.15) is 46.4 Å². The van der Waals surface area contributed by atoms with Gasteiger partial charge in [0.2, 0.25) is 0 Å². The number of amides is 1. The first-order valence-electron chi connectivity index (χ1n) is 11.6. The molecule has 2 unspecified atom stereocenters. The van der Waals surface area contributed by atoms with Gasteiger partial charge in [0.05, 0.1) is 12.3 Å². The van der Waals surface area contributed by atoms with Crippen LogP contribution in [0.5, 0.6) is 0 Å². The number of alkyl halides is 6. The molecule has 4 heterocycles. The number of aromatic nitrogens is 1. The van der Waals surface area contributed by atoms with Crippen LogP contribution in [0.15, 0.2) is 35.6 Å². The minimum Gasteiger partial charge on any atom is -0.372 e. The highest BCUT2D eigenvalue weighted by Gasteiger charge is 2.63. The molecule has 204 valence electrons. The van der Waals surface area contributed by atoms with Crippen molar-refractivity contribution >= 4 is 34.9 Å². The lowest BCUT2D eigenvalue weighted by Gasteiger charge is -2.33. The largest absolute Gasteiger partial charge is 0.435 e. The molecule has 1 aromatic carbocycles. The Balaban J connectivity index is 1.32. The molecule has 0 spiro atoms. The minimum atomic E-state index is -4.84. The van der Waals surface area contributed by atoms with Gasteiger partial charge in [-0.1, -0.05) is 28.4 Å². The number of pyridine rings is 1. The van der Waals surface area contributed by atoms with Crippen molar-refractivity contribution in [1.29, 1.82) is 0 Å². The molecule has 5 rings (SSSR count). The second kappa shape index (κ2) is 9.48. The van der Waals surface area contributed by atoms with Gasteiger partial charge < -0.3 is 14.6 Å². The number of oxime groups is 1. The van der Waals surface area contributed by atoms with Crippen molar-refractivity contribution in [2.45, 2.75) is 50.3 Å². The Morgan fingerprint density at radius 1 is 1.03 bits per heavy atom. The zero-order valence-corrected chi connectivity index (χ0v) is 21.1. The Hall–Kier alpha value is -2.73. The van der Waals surface area contributed by atoms with E-state index in [4.69, 9.17) is 28.0 Å². The van der Waals surface area contributed by atoms with Crippen LogP contribution in [0.25, 0.3) is 0 Å². The average Bonchev–Trinajstić information content (AvgIpc) is 3.47. The number of hydrogen-bond donors (Lipinski definition) is 0. The van der Waals surface area contributed by atoms with Gasteiger partial charge in [-0.2, -0.15) is 26.3 Å². The Morgan fingerprint density at radius 3 is 2.37 bits per heavy atom. The van der Waals surface area contributed by atoms with Gasteiger partial charge in [0, 0.05) is 48.0 Å². The molecule has 0 bridgehead atoms.